The van der Waals surface area contributed by atoms with Gasteiger partial charge in [-0.3, -0.25) is 4.79 Å². The van der Waals surface area contributed by atoms with Gasteiger partial charge in [0.1, 0.15) is 16.5 Å². The first kappa shape index (κ1) is 14.6. The van der Waals surface area contributed by atoms with Crippen LogP contribution in [0.2, 0.25) is 0 Å². The van der Waals surface area contributed by atoms with Crippen molar-refractivity contribution in [1.82, 2.24) is 15.0 Å². The average molecular weight is 334 g/mol. The number of amides is 1. The first-order chi connectivity index (χ1) is 11.7. The maximum atomic E-state index is 12.3. The van der Waals surface area contributed by atoms with E-state index in [9.17, 15) is 4.79 Å². The third-order valence-electron chi connectivity index (χ3n) is 3.65. The molecule has 0 aliphatic rings. The molecule has 0 aliphatic carbocycles. The summed E-state index contributed by atoms with van der Waals surface area (Å²) in [6, 6.07) is 13.8. The van der Waals surface area contributed by atoms with Crippen molar-refractivity contribution < 1.29 is 4.79 Å². The zero-order chi connectivity index (χ0) is 16.5. The van der Waals surface area contributed by atoms with Crippen molar-refractivity contribution in [3.05, 3.63) is 65.3 Å². The highest BCUT2D eigenvalue weighted by molar-refractivity contribution is 7.13. The lowest BCUT2D eigenvalue weighted by Crippen LogP contribution is -2.13. The second kappa shape index (κ2) is 5.90. The van der Waals surface area contributed by atoms with Crippen molar-refractivity contribution in [1.29, 1.82) is 0 Å². The molecule has 24 heavy (non-hydrogen) atoms. The summed E-state index contributed by atoms with van der Waals surface area (Å²) in [6.45, 7) is 1.95. The van der Waals surface area contributed by atoms with Crippen molar-refractivity contribution in [3.8, 4) is 10.7 Å². The number of nitrogens with zero attached hydrogens (tertiary/aromatic N) is 2. The van der Waals surface area contributed by atoms with Gasteiger partial charge in [-0.15, -0.1) is 11.3 Å². The van der Waals surface area contributed by atoms with E-state index in [1.54, 1.807) is 11.6 Å². The van der Waals surface area contributed by atoms with Gasteiger partial charge in [0.25, 0.3) is 5.91 Å². The molecule has 0 aliphatic heterocycles. The van der Waals surface area contributed by atoms with Crippen LogP contribution in [-0.4, -0.2) is 20.9 Å². The van der Waals surface area contributed by atoms with E-state index in [0.717, 1.165) is 27.2 Å². The summed E-state index contributed by atoms with van der Waals surface area (Å²) in [5.74, 6) is 0.270. The molecule has 0 unspecified atom stereocenters. The quantitative estimate of drug-likeness (QED) is 0.588. The zero-order valence-electron chi connectivity index (χ0n) is 12.9. The molecule has 0 saturated heterocycles. The Labute approximate surface area is 142 Å². The molecule has 5 nitrogen and oxygen atoms in total. The Morgan fingerprint density at radius 3 is 2.92 bits per heavy atom. The van der Waals surface area contributed by atoms with Gasteiger partial charge in [0.05, 0.1) is 5.69 Å². The fourth-order valence-corrected chi connectivity index (χ4v) is 3.25. The van der Waals surface area contributed by atoms with Crippen molar-refractivity contribution in [3.63, 3.8) is 0 Å². The minimum atomic E-state index is -0.258. The highest BCUT2D eigenvalue weighted by Gasteiger charge is 2.14. The summed E-state index contributed by atoms with van der Waals surface area (Å²) < 4.78 is 0. The predicted molar refractivity (Wildman–Crippen MR) is 96.3 cm³/mol. The van der Waals surface area contributed by atoms with E-state index in [0.29, 0.717) is 11.5 Å². The van der Waals surface area contributed by atoms with E-state index >= 15 is 0 Å². The van der Waals surface area contributed by atoms with Crippen LogP contribution >= 0.6 is 11.3 Å². The van der Waals surface area contributed by atoms with Crippen molar-refractivity contribution >= 4 is 34.0 Å². The van der Waals surface area contributed by atoms with Crippen molar-refractivity contribution in [2.75, 3.05) is 5.32 Å². The Morgan fingerprint density at radius 1 is 1.21 bits per heavy atom. The van der Waals surface area contributed by atoms with Crippen molar-refractivity contribution in [2.24, 2.45) is 0 Å². The Bertz CT molecular complexity index is 1000. The van der Waals surface area contributed by atoms with Crippen LogP contribution in [0.4, 0.5) is 5.82 Å². The molecule has 6 heteroatoms. The van der Waals surface area contributed by atoms with E-state index < -0.39 is 0 Å². The number of benzene rings is 1. The van der Waals surface area contributed by atoms with Gasteiger partial charge in [-0.25, -0.2) is 9.97 Å². The van der Waals surface area contributed by atoms with Crippen molar-refractivity contribution in [2.45, 2.75) is 6.92 Å². The topological polar surface area (TPSA) is 70.7 Å². The summed E-state index contributed by atoms with van der Waals surface area (Å²) in [4.78, 5) is 24.2. The van der Waals surface area contributed by atoms with Crippen LogP contribution in [0.15, 0.2) is 54.0 Å². The van der Waals surface area contributed by atoms with Crippen LogP contribution in [0.5, 0.6) is 0 Å². The number of anilines is 1. The molecule has 0 radical (unpaired) electrons. The Balaban J connectivity index is 1.58. The highest BCUT2D eigenvalue weighted by atomic mass is 32.1. The summed E-state index contributed by atoms with van der Waals surface area (Å²) >= 11 is 1.44. The van der Waals surface area contributed by atoms with Crippen LogP contribution in [0, 0.1) is 6.92 Å². The molecule has 3 aromatic heterocycles. The molecule has 0 spiro atoms. The van der Waals surface area contributed by atoms with E-state index in [2.05, 4.69) is 20.3 Å². The number of rotatable bonds is 3. The Kier molecular flexibility index (Phi) is 3.59. The first-order valence-electron chi connectivity index (χ1n) is 7.47. The number of H-pyrrole nitrogens is 1. The molecule has 0 bridgehead atoms. The van der Waals surface area contributed by atoms with E-state index in [1.807, 2.05) is 49.4 Å². The highest BCUT2D eigenvalue weighted by Crippen LogP contribution is 2.27. The van der Waals surface area contributed by atoms with Gasteiger partial charge in [-0.05, 0) is 36.8 Å². The van der Waals surface area contributed by atoms with E-state index in [1.165, 1.54) is 11.3 Å². The number of aromatic nitrogens is 3. The zero-order valence-corrected chi connectivity index (χ0v) is 13.7. The van der Waals surface area contributed by atoms with Gasteiger partial charge in [-0.2, -0.15) is 0 Å². The number of pyridine rings is 1. The van der Waals surface area contributed by atoms with Gasteiger partial charge < -0.3 is 10.3 Å². The number of thiazole rings is 1. The van der Waals surface area contributed by atoms with Gasteiger partial charge in [0, 0.05) is 22.5 Å². The minimum absolute atomic E-state index is 0.258. The second-order valence-corrected chi connectivity index (χ2v) is 6.34. The number of hydrogen-bond acceptors (Lipinski definition) is 4. The van der Waals surface area contributed by atoms with Gasteiger partial charge in [0.15, 0.2) is 0 Å². The number of para-hydroxylation sites is 1. The van der Waals surface area contributed by atoms with Gasteiger partial charge in [0.2, 0.25) is 0 Å². The smallest absolute Gasteiger partial charge is 0.276 e. The standard InChI is InChI=1S/C18H14N4OS/c1-11-6-7-19-16(8-11)22-17(23)15-10-24-18(21-15)14-9-12-4-2-3-5-13(12)20-14/h2-10,20H,1H3,(H,19,22,23). The monoisotopic (exact) mass is 334 g/mol. The van der Waals surface area contributed by atoms with Crippen LogP contribution in [0.25, 0.3) is 21.6 Å². The molecule has 1 aromatic carbocycles. The van der Waals surface area contributed by atoms with E-state index in [-0.39, 0.29) is 5.91 Å². The molecule has 2 N–H and O–H groups in total. The largest absolute Gasteiger partial charge is 0.353 e. The Hall–Kier alpha value is -2.99. The molecule has 4 rings (SSSR count). The number of fused-ring (bicyclic) bond motifs is 1. The van der Waals surface area contributed by atoms with Crippen LogP contribution in [0.1, 0.15) is 16.1 Å². The summed E-state index contributed by atoms with van der Waals surface area (Å²) in [5.41, 5.74) is 3.39. The van der Waals surface area contributed by atoms with Gasteiger partial charge >= 0.3 is 0 Å². The number of carbonyl (C=O) groups is 1. The lowest BCUT2D eigenvalue weighted by molar-refractivity contribution is 0.102. The molecule has 0 fully saturated rings. The fraction of sp³-hybridized carbons (Fsp3) is 0.0556. The molecule has 1 amide bonds. The SMILES string of the molecule is Cc1ccnc(NC(=O)c2csc(-c3cc4ccccc4[nH]3)n2)c1. The molecule has 3 heterocycles. The summed E-state index contributed by atoms with van der Waals surface area (Å²) in [7, 11) is 0. The Morgan fingerprint density at radius 2 is 2.08 bits per heavy atom. The van der Waals surface area contributed by atoms with Crippen LogP contribution in [-0.2, 0) is 0 Å². The summed E-state index contributed by atoms with van der Waals surface area (Å²) in [5, 5.41) is 6.44. The predicted octanol–water partition coefficient (Wildman–Crippen LogP) is 4.25. The first-order valence-corrected chi connectivity index (χ1v) is 8.35. The third kappa shape index (κ3) is 2.79. The van der Waals surface area contributed by atoms with Gasteiger partial charge in [-0.1, -0.05) is 18.2 Å². The minimum Gasteiger partial charge on any atom is -0.353 e. The maximum absolute atomic E-state index is 12.3. The number of aryl methyl sites for hydroxylation is 1. The maximum Gasteiger partial charge on any atom is 0.276 e. The van der Waals surface area contributed by atoms with Crippen LogP contribution < -0.4 is 5.32 Å². The number of aromatic amines is 1. The molecule has 118 valence electrons. The molecular weight excluding hydrogens is 320 g/mol. The molecule has 0 saturated carbocycles. The van der Waals surface area contributed by atoms with Crippen LogP contribution in [0.3, 0.4) is 0 Å². The number of hydrogen-bond donors (Lipinski definition) is 2. The average Bonchev–Trinajstić information content (AvgIpc) is 3.21. The number of nitrogens with one attached hydrogen (secondary N) is 2. The second-order valence-electron chi connectivity index (χ2n) is 5.48. The normalized spacial score (nSPS) is 10.9. The molecule has 4 aromatic rings. The van der Waals surface area contributed by atoms with E-state index in [4.69, 9.17) is 0 Å². The fourth-order valence-electron chi connectivity index (χ4n) is 2.48. The lowest BCUT2D eigenvalue weighted by Gasteiger charge is -2.02. The summed E-state index contributed by atoms with van der Waals surface area (Å²) in [6.07, 6.45) is 1.67. The molecule has 0 atom stereocenters. The third-order valence-corrected chi connectivity index (χ3v) is 4.53. The molecular formula is C18H14N4OS. The number of carbonyl (C=O) groups excluding carboxylic acids is 1. The lowest BCUT2D eigenvalue weighted by atomic mass is 10.2.